The van der Waals surface area contributed by atoms with Crippen LogP contribution in [0.2, 0.25) is 5.02 Å². The van der Waals surface area contributed by atoms with Crippen LogP contribution >= 0.6 is 11.6 Å². The fourth-order valence-electron chi connectivity index (χ4n) is 2.93. The lowest BCUT2D eigenvalue weighted by molar-refractivity contribution is -0.133. The number of halogens is 1. The Labute approximate surface area is 135 Å². The van der Waals surface area contributed by atoms with E-state index in [9.17, 15) is 4.79 Å². The number of piperidine rings is 1. The van der Waals surface area contributed by atoms with Crippen LogP contribution < -0.4 is 5.32 Å². The van der Waals surface area contributed by atoms with Gasteiger partial charge in [-0.2, -0.15) is 0 Å². The summed E-state index contributed by atoms with van der Waals surface area (Å²) in [4.78, 5) is 18.0. The predicted octanol–water partition coefficient (Wildman–Crippen LogP) is 2.85. The minimum atomic E-state index is 0.247. The van der Waals surface area contributed by atoms with Crippen molar-refractivity contribution in [1.82, 2.24) is 15.2 Å². The van der Waals surface area contributed by atoms with Crippen molar-refractivity contribution in [1.29, 1.82) is 0 Å². The zero-order valence-corrected chi connectivity index (χ0v) is 13.4. The average molecular weight is 318 g/mol. The molecule has 1 atom stereocenters. The van der Waals surface area contributed by atoms with Gasteiger partial charge in [-0.15, -0.1) is 0 Å². The number of nitrogens with zero attached hydrogens (tertiary/aromatic N) is 2. The number of carbonyl (C=O) groups is 1. The average Bonchev–Trinajstić information content (AvgIpc) is 2.53. The monoisotopic (exact) mass is 317 g/mol. The number of aromatic nitrogens is 1. The van der Waals surface area contributed by atoms with E-state index < -0.39 is 0 Å². The van der Waals surface area contributed by atoms with Crippen LogP contribution in [0, 0.1) is 5.92 Å². The van der Waals surface area contributed by atoms with Gasteiger partial charge in [-0.25, -0.2) is 0 Å². The Morgan fingerprint density at radius 2 is 2.27 bits per heavy atom. The number of pyridine rings is 1. The van der Waals surface area contributed by atoms with E-state index in [2.05, 4.69) is 10.3 Å². The van der Waals surface area contributed by atoms with Crippen molar-refractivity contribution in [3.05, 3.63) is 41.0 Å². The van der Waals surface area contributed by atoms with E-state index in [1.54, 1.807) is 6.20 Å². The molecule has 0 unspecified atom stereocenters. The summed E-state index contributed by atoms with van der Waals surface area (Å²) in [5.41, 5.74) is 2.08. The van der Waals surface area contributed by atoms with Crippen LogP contribution in [0.15, 0.2) is 30.5 Å². The number of hydrogen-bond acceptors (Lipinski definition) is 3. The number of likely N-dealkylation sites (tertiary alicyclic amines) is 1. The lowest BCUT2D eigenvalue weighted by Crippen LogP contribution is -2.38. The molecule has 1 N–H and O–H groups in total. The molecule has 0 aliphatic carbocycles. The molecule has 0 spiro atoms. The van der Waals surface area contributed by atoms with Gasteiger partial charge in [-0.3, -0.25) is 9.78 Å². The predicted molar refractivity (Wildman–Crippen MR) is 88.8 cm³/mol. The Hall–Kier alpha value is -1.65. The van der Waals surface area contributed by atoms with Gasteiger partial charge in [0.05, 0.1) is 5.52 Å². The van der Waals surface area contributed by atoms with Gasteiger partial charge >= 0.3 is 0 Å². The highest BCUT2D eigenvalue weighted by atomic mass is 35.5. The number of amides is 1. The van der Waals surface area contributed by atoms with E-state index in [0.717, 1.165) is 47.5 Å². The number of carbonyl (C=O) groups excluding carboxylic acids is 1. The number of benzene rings is 1. The molecule has 2 aromatic rings. The molecule has 1 aromatic carbocycles. The van der Waals surface area contributed by atoms with Gasteiger partial charge < -0.3 is 10.2 Å². The van der Waals surface area contributed by atoms with Crippen LogP contribution in [-0.2, 0) is 11.3 Å². The summed E-state index contributed by atoms with van der Waals surface area (Å²) in [5.74, 6) is 0.673. The minimum Gasteiger partial charge on any atom is -0.346 e. The third-order valence-electron chi connectivity index (χ3n) is 4.31. The fourth-order valence-corrected chi connectivity index (χ4v) is 3.15. The van der Waals surface area contributed by atoms with Gasteiger partial charge in [-0.05, 0) is 42.6 Å². The molecule has 116 valence electrons. The lowest BCUT2D eigenvalue weighted by atomic mass is 9.96. The lowest BCUT2D eigenvalue weighted by Gasteiger charge is -2.28. The first-order valence-electron chi connectivity index (χ1n) is 7.62. The molecule has 0 radical (unpaired) electrons. The summed E-state index contributed by atoms with van der Waals surface area (Å²) in [6, 6.07) is 7.82. The highest BCUT2D eigenvalue weighted by Crippen LogP contribution is 2.24. The zero-order valence-electron chi connectivity index (χ0n) is 12.7. The van der Waals surface area contributed by atoms with E-state index >= 15 is 0 Å². The number of fused-ring (bicyclic) bond motifs is 1. The van der Waals surface area contributed by atoms with Gasteiger partial charge in [0.2, 0.25) is 5.91 Å². The standard InChI is InChI=1S/C17H20ClN3O/c1-21-8-6-12(9-16(21)22)10-19-11-13-4-5-15(18)14-3-2-7-20-17(13)14/h2-5,7,12,19H,6,8-11H2,1H3/t12-/m0/s1. The highest BCUT2D eigenvalue weighted by molar-refractivity contribution is 6.35. The van der Waals surface area contributed by atoms with Crippen LogP contribution in [0.4, 0.5) is 0 Å². The molecule has 4 nitrogen and oxygen atoms in total. The molecule has 22 heavy (non-hydrogen) atoms. The Morgan fingerprint density at radius 3 is 3.09 bits per heavy atom. The Morgan fingerprint density at radius 1 is 1.41 bits per heavy atom. The van der Waals surface area contributed by atoms with Crippen molar-refractivity contribution in [2.45, 2.75) is 19.4 Å². The molecule has 1 fully saturated rings. The first-order chi connectivity index (χ1) is 10.6. The molecule has 0 saturated carbocycles. The maximum absolute atomic E-state index is 11.7. The van der Waals surface area contributed by atoms with Crippen molar-refractivity contribution >= 4 is 28.4 Å². The third-order valence-corrected chi connectivity index (χ3v) is 4.64. The normalized spacial score (nSPS) is 18.9. The Bertz CT molecular complexity index is 689. The van der Waals surface area contributed by atoms with Gasteiger partial charge in [0, 0.05) is 43.2 Å². The van der Waals surface area contributed by atoms with Gasteiger partial charge in [0.15, 0.2) is 0 Å². The third kappa shape index (κ3) is 3.23. The number of nitrogens with one attached hydrogen (secondary N) is 1. The quantitative estimate of drug-likeness (QED) is 0.943. The van der Waals surface area contributed by atoms with Crippen molar-refractivity contribution in [3.8, 4) is 0 Å². The highest BCUT2D eigenvalue weighted by Gasteiger charge is 2.22. The van der Waals surface area contributed by atoms with Crippen molar-refractivity contribution in [2.75, 3.05) is 20.1 Å². The fraction of sp³-hybridized carbons (Fsp3) is 0.412. The zero-order chi connectivity index (χ0) is 15.5. The van der Waals surface area contributed by atoms with E-state index in [1.807, 2.05) is 36.2 Å². The van der Waals surface area contributed by atoms with Crippen molar-refractivity contribution in [2.24, 2.45) is 5.92 Å². The van der Waals surface area contributed by atoms with Gasteiger partial charge in [0.1, 0.15) is 0 Å². The second kappa shape index (κ2) is 6.63. The molecule has 1 aromatic heterocycles. The Balaban J connectivity index is 1.63. The molecular formula is C17H20ClN3O. The molecule has 3 rings (SSSR count). The van der Waals surface area contributed by atoms with Crippen LogP contribution in [0.1, 0.15) is 18.4 Å². The molecule has 1 aliphatic rings. The van der Waals surface area contributed by atoms with Crippen LogP contribution in [0.25, 0.3) is 10.9 Å². The molecule has 5 heteroatoms. The van der Waals surface area contributed by atoms with Crippen LogP contribution in [-0.4, -0.2) is 35.9 Å². The van der Waals surface area contributed by atoms with E-state index in [-0.39, 0.29) is 5.91 Å². The molecule has 0 bridgehead atoms. The summed E-state index contributed by atoms with van der Waals surface area (Å²) < 4.78 is 0. The SMILES string of the molecule is CN1CC[C@H](CNCc2ccc(Cl)c3cccnc23)CC1=O. The maximum Gasteiger partial charge on any atom is 0.222 e. The molecule has 2 heterocycles. The number of rotatable bonds is 4. The van der Waals surface area contributed by atoms with Crippen LogP contribution in [0.5, 0.6) is 0 Å². The summed E-state index contributed by atoms with van der Waals surface area (Å²) >= 11 is 6.21. The van der Waals surface area contributed by atoms with Crippen molar-refractivity contribution < 1.29 is 4.79 Å². The first kappa shape index (κ1) is 15.3. The first-order valence-corrected chi connectivity index (χ1v) is 7.99. The maximum atomic E-state index is 11.7. The molecule has 1 aliphatic heterocycles. The minimum absolute atomic E-state index is 0.247. The molecule has 1 amide bonds. The van der Waals surface area contributed by atoms with E-state index in [4.69, 9.17) is 11.6 Å². The van der Waals surface area contributed by atoms with E-state index in [0.29, 0.717) is 12.3 Å². The van der Waals surface area contributed by atoms with Crippen molar-refractivity contribution in [3.63, 3.8) is 0 Å². The van der Waals surface area contributed by atoms with Crippen LogP contribution in [0.3, 0.4) is 0 Å². The molecule has 1 saturated heterocycles. The molecular weight excluding hydrogens is 298 g/mol. The summed E-state index contributed by atoms with van der Waals surface area (Å²) in [6.45, 7) is 2.46. The van der Waals surface area contributed by atoms with E-state index in [1.165, 1.54) is 0 Å². The topological polar surface area (TPSA) is 45.2 Å². The number of hydrogen-bond donors (Lipinski definition) is 1. The smallest absolute Gasteiger partial charge is 0.222 e. The largest absolute Gasteiger partial charge is 0.346 e. The summed E-state index contributed by atoms with van der Waals surface area (Å²) in [5, 5.41) is 5.18. The summed E-state index contributed by atoms with van der Waals surface area (Å²) in [7, 11) is 1.87. The van der Waals surface area contributed by atoms with Gasteiger partial charge in [-0.1, -0.05) is 17.7 Å². The summed E-state index contributed by atoms with van der Waals surface area (Å²) in [6.07, 6.45) is 3.50. The second-order valence-corrected chi connectivity index (χ2v) is 6.32. The Kier molecular flexibility index (Phi) is 4.60. The second-order valence-electron chi connectivity index (χ2n) is 5.91. The van der Waals surface area contributed by atoms with Gasteiger partial charge in [0.25, 0.3) is 0 Å².